The summed E-state index contributed by atoms with van der Waals surface area (Å²) in [4.78, 5) is 11.5. The van der Waals surface area contributed by atoms with Gasteiger partial charge in [0.05, 0.1) is 30.3 Å². The first-order valence-corrected chi connectivity index (χ1v) is 10.9. The fraction of sp³-hybridized carbons (Fsp3) is 0.591. The van der Waals surface area contributed by atoms with E-state index in [0.29, 0.717) is 30.9 Å². The van der Waals surface area contributed by atoms with Gasteiger partial charge in [-0.15, -0.1) is 0 Å². The van der Waals surface area contributed by atoms with Crippen molar-refractivity contribution in [2.45, 2.75) is 31.8 Å². The van der Waals surface area contributed by atoms with Crippen LogP contribution in [0.4, 0.5) is 5.82 Å². The van der Waals surface area contributed by atoms with E-state index in [9.17, 15) is 5.11 Å². The lowest BCUT2D eigenvalue weighted by molar-refractivity contribution is 0.114. The third-order valence-electron chi connectivity index (χ3n) is 6.48. The van der Waals surface area contributed by atoms with Gasteiger partial charge in [0.1, 0.15) is 17.7 Å². The van der Waals surface area contributed by atoms with Crippen LogP contribution in [0, 0.1) is 11.8 Å². The first kappa shape index (κ1) is 19.4. The molecule has 2 fully saturated rings. The summed E-state index contributed by atoms with van der Waals surface area (Å²) in [5.41, 5.74) is 0.790. The molecule has 1 aliphatic carbocycles. The minimum Gasteiger partial charge on any atom is -0.506 e. The fourth-order valence-electron chi connectivity index (χ4n) is 4.78. The first-order valence-electron chi connectivity index (χ1n) is 10.9. The van der Waals surface area contributed by atoms with Crippen molar-refractivity contribution in [2.24, 2.45) is 16.9 Å². The van der Waals surface area contributed by atoms with Crippen LogP contribution in [0.3, 0.4) is 0 Å². The van der Waals surface area contributed by atoms with E-state index < -0.39 is 0 Å². The number of ether oxygens (including phenoxy) is 2. The Hall–Kier alpha value is -2.61. The average Bonchev–Trinajstić information content (AvgIpc) is 3.21. The predicted molar refractivity (Wildman–Crippen MR) is 115 cm³/mol. The van der Waals surface area contributed by atoms with Gasteiger partial charge in [-0.25, -0.2) is 0 Å². The highest BCUT2D eigenvalue weighted by Crippen LogP contribution is 2.36. The molecule has 0 bridgehead atoms. The van der Waals surface area contributed by atoms with Crippen LogP contribution in [0.1, 0.15) is 25.7 Å². The van der Waals surface area contributed by atoms with Gasteiger partial charge in [-0.3, -0.25) is 9.99 Å². The van der Waals surface area contributed by atoms with E-state index in [1.807, 2.05) is 18.1 Å². The molecule has 2 aliphatic heterocycles. The maximum Gasteiger partial charge on any atom is 0.225 e. The predicted octanol–water partition coefficient (Wildman–Crippen LogP) is 2.66. The monoisotopic (exact) mass is 411 g/mol. The number of hydrazone groups is 1. The van der Waals surface area contributed by atoms with Crippen molar-refractivity contribution in [1.82, 2.24) is 15.0 Å². The second-order valence-electron chi connectivity index (χ2n) is 8.57. The molecule has 2 aromatic heterocycles. The van der Waals surface area contributed by atoms with E-state index in [-0.39, 0.29) is 11.9 Å². The van der Waals surface area contributed by atoms with E-state index in [1.165, 1.54) is 6.20 Å². The van der Waals surface area contributed by atoms with Gasteiger partial charge in [0.15, 0.2) is 0 Å². The Labute approximate surface area is 176 Å². The van der Waals surface area contributed by atoms with E-state index in [0.717, 1.165) is 62.0 Å². The molecule has 4 heterocycles. The van der Waals surface area contributed by atoms with Crippen molar-refractivity contribution >= 4 is 22.9 Å². The number of hydrogen-bond donors (Lipinski definition) is 1. The van der Waals surface area contributed by atoms with Gasteiger partial charge in [0.25, 0.3) is 0 Å². The molecule has 1 N–H and O–H groups in total. The van der Waals surface area contributed by atoms with Crippen LogP contribution in [-0.4, -0.2) is 72.3 Å². The molecule has 1 atom stereocenters. The molecule has 0 spiro atoms. The average molecular weight is 412 g/mol. The quantitative estimate of drug-likeness (QED) is 0.828. The van der Waals surface area contributed by atoms with Gasteiger partial charge in [-0.1, -0.05) is 0 Å². The third-order valence-corrected chi connectivity index (χ3v) is 6.48. The first-order chi connectivity index (χ1) is 14.7. The molecule has 1 saturated carbocycles. The topological polar surface area (TPSA) is 83.3 Å². The van der Waals surface area contributed by atoms with Gasteiger partial charge in [0, 0.05) is 44.9 Å². The molecule has 8 nitrogen and oxygen atoms in total. The Morgan fingerprint density at radius 2 is 1.93 bits per heavy atom. The Kier molecular flexibility index (Phi) is 5.33. The SMILES string of the molecule is CN1CC([C@H]2CC[C@@H](Oc3nc(N4CCOCC4)cc4ncc(O)cc34)CC2)C=N1. The van der Waals surface area contributed by atoms with E-state index in [1.54, 1.807) is 6.07 Å². The van der Waals surface area contributed by atoms with Crippen molar-refractivity contribution in [3.63, 3.8) is 0 Å². The molecule has 3 aliphatic rings. The summed E-state index contributed by atoms with van der Waals surface area (Å²) in [5.74, 6) is 2.79. The summed E-state index contributed by atoms with van der Waals surface area (Å²) in [5, 5.41) is 17.2. The summed E-state index contributed by atoms with van der Waals surface area (Å²) in [6.45, 7) is 4.02. The standard InChI is InChI=1S/C22H29N5O3/c1-26-14-16(12-24-26)15-2-4-18(5-3-15)30-22-19-10-17(28)13-23-20(19)11-21(25-22)27-6-8-29-9-7-27/h10-13,15-16,18,28H,2-9,14H2,1H3/t15-,16?,18+. The zero-order valence-electron chi connectivity index (χ0n) is 17.4. The van der Waals surface area contributed by atoms with E-state index >= 15 is 0 Å². The summed E-state index contributed by atoms with van der Waals surface area (Å²) in [6, 6.07) is 3.67. The van der Waals surface area contributed by atoms with Crippen LogP contribution < -0.4 is 9.64 Å². The minimum absolute atomic E-state index is 0.127. The molecule has 0 radical (unpaired) electrons. The van der Waals surface area contributed by atoms with Crippen LogP contribution in [0.2, 0.25) is 0 Å². The summed E-state index contributed by atoms with van der Waals surface area (Å²) in [7, 11) is 2.03. The van der Waals surface area contributed by atoms with Gasteiger partial charge in [0.2, 0.25) is 5.88 Å². The highest BCUT2D eigenvalue weighted by atomic mass is 16.5. The largest absolute Gasteiger partial charge is 0.506 e. The molecule has 0 amide bonds. The summed E-state index contributed by atoms with van der Waals surface area (Å²) >= 11 is 0. The molecular formula is C22H29N5O3. The number of fused-ring (bicyclic) bond motifs is 1. The highest BCUT2D eigenvalue weighted by molar-refractivity contribution is 5.86. The van der Waals surface area contributed by atoms with E-state index in [2.05, 4.69) is 21.2 Å². The molecule has 1 saturated heterocycles. The number of morpholine rings is 1. The molecular weight excluding hydrogens is 382 g/mol. The maximum absolute atomic E-state index is 9.97. The van der Waals surface area contributed by atoms with Gasteiger partial charge >= 0.3 is 0 Å². The second-order valence-corrected chi connectivity index (χ2v) is 8.57. The van der Waals surface area contributed by atoms with Crippen molar-refractivity contribution < 1.29 is 14.6 Å². The van der Waals surface area contributed by atoms with Crippen LogP contribution in [0.5, 0.6) is 11.6 Å². The van der Waals surface area contributed by atoms with Gasteiger partial charge < -0.3 is 19.5 Å². The number of nitrogens with zero attached hydrogens (tertiary/aromatic N) is 5. The normalized spacial score (nSPS) is 27.0. The van der Waals surface area contributed by atoms with Crippen molar-refractivity contribution in [2.75, 3.05) is 44.8 Å². The molecule has 2 aromatic rings. The number of hydrogen-bond acceptors (Lipinski definition) is 8. The zero-order chi connectivity index (χ0) is 20.5. The number of pyridine rings is 2. The highest BCUT2D eigenvalue weighted by Gasteiger charge is 2.31. The number of rotatable bonds is 4. The molecule has 0 aromatic carbocycles. The summed E-state index contributed by atoms with van der Waals surface area (Å²) < 4.78 is 11.9. The third kappa shape index (κ3) is 4.01. The van der Waals surface area contributed by atoms with Crippen LogP contribution in [0.15, 0.2) is 23.4 Å². The Balaban J connectivity index is 1.34. The fourth-order valence-corrected chi connectivity index (χ4v) is 4.78. The molecule has 160 valence electrons. The number of anilines is 1. The molecule has 1 unspecified atom stereocenters. The maximum atomic E-state index is 9.97. The van der Waals surface area contributed by atoms with Crippen LogP contribution in [-0.2, 0) is 4.74 Å². The van der Waals surface area contributed by atoms with E-state index in [4.69, 9.17) is 14.5 Å². The van der Waals surface area contributed by atoms with Crippen molar-refractivity contribution in [1.29, 1.82) is 0 Å². The van der Waals surface area contributed by atoms with Gasteiger partial charge in [-0.2, -0.15) is 10.1 Å². The lowest BCUT2D eigenvalue weighted by Gasteiger charge is -2.32. The number of aromatic nitrogens is 2. The lowest BCUT2D eigenvalue weighted by Crippen LogP contribution is -2.37. The molecule has 5 rings (SSSR count). The Morgan fingerprint density at radius 1 is 1.13 bits per heavy atom. The Bertz CT molecular complexity index is 922. The van der Waals surface area contributed by atoms with Gasteiger partial charge in [-0.05, 0) is 37.7 Å². The van der Waals surface area contributed by atoms with Crippen LogP contribution in [0.25, 0.3) is 10.9 Å². The smallest absolute Gasteiger partial charge is 0.225 e. The second kappa shape index (κ2) is 8.26. The zero-order valence-corrected chi connectivity index (χ0v) is 17.4. The Morgan fingerprint density at radius 3 is 2.67 bits per heavy atom. The minimum atomic E-state index is 0.127. The lowest BCUT2D eigenvalue weighted by atomic mass is 9.79. The molecule has 30 heavy (non-hydrogen) atoms. The van der Waals surface area contributed by atoms with Crippen molar-refractivity contribution in [3.8, 4) is 11.6 Å². The van der Waals surface area contributed by atoms with Crippen molar-refractivity contribution in [3.05, 3.63) is 18.3 Å². The number of aromatic hydroxyl groups is 1. The molecule has 8 heteroatoms. The van der Waals surface area contributed by atoms with Crippen LogP contribution >= 0.6 is 0 Å². The summed E-state index contributed by atoms with van der Waals surface area (Å²) in [6.07, 6.45) is 8.02.